The zero-order valence-corrected chi connectivity index (χ0v) is 17.4. The van der Waals surface area contributed by atoms with Crippen LogP contribution in [0.25, 0.3) is 0 Å². The topological polar surface area (TPSA) is 97.0 Å². The maximum absolute atomic E-state index is 12.2. The summed E-state index contributed by atoms with van der Waals surface area (Å²) in [5.74, 6) is 0.691. The second-order valence-electron chi connectivity index (χ2n) is 8.09. The third-order valence-corrected chi connectivity index (χ3v) is 4.45. The Bertz CT molecular complexity index is 679. The van der Waals surface area contributed by atoms with Crippen molar-refractivity contribution in [2.45, 2.75) is 39.2 Å². The first-order chi connectivity index (χ1) is 13.7. The maximum Gasteiger partial charge on any atom is 0.408 e. The van der Waals surface area contributed by atoms with Gasteiger partial charge in [0.2, 0.25) is 5.91 Å². The van der Waals surface area contributed by atoms with E-state index in [1.807, 2.05) is 18.2 Å². The second kappa shape index (κ2) is 10.7. The van der Waals surface area contributed by atoms with Gasteiger partial charge >= 0.3 is 6.09 Å². The normalized spacial score (nSPS) is 14.8. The van der Waals surface area contributed by atoms with Gasteiger partial charge in [0.15, 0.2) is 6.61 Å². The molecule has 2 rings (SSSR count). The van der Waals surface area contributed by atoms with Gasteiger partial charge in [0, 0.05) is 19.6 Å². The predicted molar refractivity (Wildman–Crippen MR) is 108 cm³/mol. The number of benzene rings is 1. The SMILES string of the molecule is CC(C)(C)OC(=O)NCC(=O)N1CCC(CNC(=O)COc2ccccc2)CC1. The Balaban J connectivity index is 1.60. The molecule has 1 fully saturated rings. The highest BCUT2D eigenvalue weighted by molar-refractivity contribution is 5.82. The van der Waals surface area contributed by atoms with Gasteiger partial charge in [-0.15, -0.1) is 0 Å². The Hall–Kier alpha value is -2.77. The van der Waals surface area contributed by atoms with Crippen molar-refractivity contribution in [1.29, 1.82) is 0 Å². The molecule has 0 bridgehead atoms. The van der Waals surface area contributed by atoms with E-state index in [0.717, 1.165) is 12.8 Å². The minimum absolute atomic E-state index is 0.0162. The summed E-state index contributed by atoms with van der Waals surface area (Å²) < 4.78 is 10.5. The minimum atomic E-state index is -0.596. The van der Waals surface area contributed by atoms with Crippen molar-refractivity contribution in [1.82, 2.24) is 15.5 Å². The number of ether oxygens (including phenoxy) is 2. The predicted octanol–water partition coefficient (Wildman–Crippen LogP) is 1.94. The first-order valence-corrected chi connectivity index (χ1v) is 9.92. The van der Waals surface area contributed by atoms with Gasteiger partial charge in [-0.1, -0.05) is 18.2 Å². The number of nitrogens with zero attached hydrogens (tertiary/aromatic N) is 1. The number of amides is 3. The fourth-order valence-corrected chi connectivity index (χ4v) is 2.94. The summed E-state index contributed by atoms with van der Waals surface area (Å²) >= 11 is 0. The zero-order valence-electron chi connectivity index (χ0n) is 17.4. The molecule has 1 aromatic rings. The lowest BCUT2D eigenvalue weighted by atomic mass is 9.96. The van der Waals surface area contributed by atoms with Crippen LogP contribution >= 0.6 is 0 Å². The third-order valence-electron chi connectivity index (χ3n) is 4.45. The molecule has 0 radical (unpaired) electrons. The van der Waals surface area contributed by atoms with Gasteiger partial charge < -0.3 is 25.0 Å². The molecule has 0 spiro atoms. The fraction of sp³-hybridized carbons (Fsp3) is 0.571. The molecule has 1 aliphatic heterocycles. The number of hydrogen-bond acceptors (Lipinski definition) is 5. The van der Waals surface area contributed by atoms with E-state index in [4.69, 9.17) is 9.47 Å². The molecule has 8 nitrogen and oxygen atoms in total. The summed E-state index contributed by atoms with van der Waals surface area (Å²) in [6.45, 7) is 7.00. The van der Waals surface area contributed by atoms with Crippen LogP contribution in [0.4, 0.5) is 4.79 Å². The van der Waals surface area contributed by atoms with Crippen molar-refractivity contribution in [2.75, 3.05) is 32.8 Å². The van der Waals surface area contributed by atoms with Gasteiger partial charge in [-0.2, -0.15) is 0 Å². The van der Waals surface area contributed by atoms with Crippen molar-refractivity contribution in [3.8, 4) is 5.75 Å². The van der Waals surface area contributed by atoms with Crippen LogP contribution in [0.15, 0.2) is 30.3 Å². The van der Waals surface area contributed by atoms with Gasteiger partial charge in [-0.05, 0) is 51.7 Å². The Morgan fingerprint density at radius 3 is 2.34 bits per heavy atom. The molecule has 0 aliphatic carbocycles. The second-order valence-corrected chi connectivity index (χ2v) is 8.09. The summed E-state index contributed by atoms with van der Waals surface area (Å²) in [7, 11) is 0. The number of likely N-dealkylation sites (tertiary alicyclic amines) is 1. The monoisotopic (exact) mass is 405 g/mol. The van der Waals surface area contributed by atoms with Gasteiger partial charge in [-0.25, -0.2) is 4.79 Å². The number of carbonyl (C=O) groups is 3. The Kier molecular flexibility index (Phi) is 8.30. The fourth-order valence-electron chi connectivity index (χ4n) is 2.94. The highest BCUT2D eigenvalue weighted by Crippen LogP contribution is 2.16. The number of carbonyl (C=O) groups excluding carboxylic acids is 3. The minimum Gasteiger partial charge on any atom is -0.484 e. The Morgan fingerprint density at radius 2 is 1.72 bits per heavy atom. The highest BCUT2D eigenvalue weighted by Gasteiger charge is 2.24. The van der Waals surface area contributed by atoms with Crippen LogP contribution in [-0.4, -0.2) is 61.2 Å². The van der Waals surface area contributed by atoms with E-state index >= 15 is 0 Å². The molecule has 1 saturated heterocycles. The molecule has 2 N–H and O–H groups in total. The van der Waals surface area contributed by atoms with E-state index < -0.39 is 11.7 Å². The van der Waals surface area contributed by atoms with Gasteiger partial charge in [0.05, 0.1) is 0 Å². The molecule has 0 saturated carbocycles. The molecule has 1 heterocycles. The lowest BCUT2D eigenvalue weighted by molar-refractivity contribution is -0.132. The van der Waals surface area contributed by atoms with Crippen LogP contribution < -0.4 is 15.4 Å². The Morgan fingerprint density at radius 1 is 1.07 bits per heavy atom. The average molecular weight is 405 g/mol. The molecule has 160 valence electrons. The lowest BCUT2D eigenvalue weighted by Gasteiger charge is -2.32. The Labute approximate surface area is 171 Å². The van der Waals surface area contributed by atoms with Crippen LogP contribution in [0.3, 0.4) is 0 Å². The summed E-state index contributed by atoms with van der Waals surface area (Å²) in [5, 5.41) is 5.38. The summed E-state index contributed by atoms with van der Waals surface area (Å²) in [6, 6.07) is 9.20. The summed E-state index contributed by atoms with van der Waals surface area (Å²) in [6.07, 6.45) is 1.01. The molecule has 8 heteroatoms. The van der Waals surface area contributed by atoms with E-state index in [0.29, 0.717) is 31.3 Å². The molecule has 0 unspecified atom stereocenters. The molecule has 1 aliphatic rings. The number of rotatable bonds is 7. The van der Waals surface area contributed by atoms with Crippen LogP contribution in [0.5, 0.6) is 5.75 Å². The van der Waals surface area contributed by atoms with Crippen molar-refractivity contribution in [3.63, 3.8) is 0 Å². The van der Waals surface area contributed by atoms with Crippen molar-refractivity contribution >= 4 is 17.9 Å². The van der Waals surface area contributed by atoms with Crippen molar-refractivity contribution < 1.29 is 23.9 Å². The zero-order chi connectivity index (χ0) is 21.3. The molecule has 1 aromatic carbocycles. The standard InChI is InChI=1S/C21H31N3O5/c1-21(2,3)29-20(27)23-14-19(26)24-11-9-16(10-12-24)13-22-18(25)15-28-17-7-5-4-6-8-17/h4-8,16H,9-15H2,1-3H3,(H,22,25)(H,23,27). The van der Waals surface area contributed by atoms with Crippen LogP contribution in [0.1, 0.15) is 33.6 Å². The van der Waals surface area contributed by atoms with E-state index in [2.05, 4.69) is 10.6 Å². The number of piperidine rings is 1. The van der Waals surface area contributed by atoms with E-state index in [1.54, 1.807) is 37.8 Å². The lowest BCUT2D eigenvalue weighted by Crippen LogP contribution is -2.46. The van der Waals surface area contributed by atoms with Gasteiger partial charge in [-0.3, -0.25) is 9.59 Å². The average Bonchev–Trinajstić information content (AvgIpc) is 2.69. The van der Waals surface area contributed by atoms with Crippen molar-refractivity contribution in [2.24, 2.45) is 5.92 Å². The number of para-hydroxylation sites is 1. The molecule has 3 amide bonds. The van der Waals surface area contributed by atoms with Gasteiger partial charge in [0.25, 0.3) is 5.91 Å². The molecule has 29 heavy (non-hydrogen) atoms. The quantitative estimate of drug-likeness (QED) is 0.723. The van der Waals surface area contributed by atoms with Gasteiger partial charge in [0.1, 0.15) is 17.9 Å². The largest absolute Gasteiger partial charge is 0.484 e. The number of hydrogen-bond donors (Lipinski definition) is 2. The smallest absolute Gasteiger partial charge is 0.408 e. The third kappa shape index (κ3) is 8.85. The van der Waals surface area contributed by atoms with Crippen LogP contribution in [0.2, 0.25) is 0 Å². The molecular formula is C21H31N3O5. The van der Waals surface area contributed by atoms with E-state index in [1.165, 1.54) is 0 Å². The first-order valence-electron chi connectivity index (χ1n) is 9.92. The molecule has 0 aromatic heterocycles. The van der Waals surface area contributed by atoms with Crippen LogP contribution in [0, 0.1) is 5.92 Å². The van der Waals surface area contributed by atoms with Crippen LogP contribution in [-0.2, 0) is 14.3 Å². The number of alkyl carbamates (subject to hydrolysis) is 1. The summed E-state index contributed by atoms with van der Waals surface area (Å²) in [4.78, 5) is 37.5. The first kappa shape index (κ1) is 22.5. The highest BCUT2D eigenvalue weighted by atomic mass is 16.6. The summed E-state index contributed by atoms with van der Waals surface area (Å²) in [5.41, 5.74) is -0.595. The molecular weight excluding hydrogens is 374 g/mol. The maximum atomic E-state index is 12.2. The van der Waals surface area contributed by atoms with Crippen molar-refractivity contribution in [3.05, 3.63) is 30.3 Å². The molecule has 0 atom stereocenters. The number of nitrogens with one attached hydrogen (secondary N) is 2. The van der Waals surface area contributed by atoms with E-state index in [9.17, 15) is 14.4 Å². The van der Waals surface area contributed by atoms with E-state index in [-0.39, 0.29) is 25.0 Å².